The van der Waals surface area contributed by atoms with Gasteiger partial charge in [-0.3, -0.25) is 14.3 Å². The summed E-state index contributed by atoms with van der Waals surface area (Å²) in [6.07, 6.45) is 0. The molecule has 0 N–H and O–H groups in total. The number of aromatic nitrogens is 3. The SMILES string of the molecule is Cc1cc(C(=O)COC(=O)COc2ccccc2F)c(C)n1-c1c(C)n(C)n(-c2ccccc2)c1=O. The van der Waals surface area contributed by atoms with Gasteiger partial charge in [-0.1, -0.05) is 30.3 Å². The van der Waals surface area contributed by atoms with Crippen LogP contribution in [0.25, 0.3) is 11.4 Å². The number of benzene rings is 2. The number of hydrogen-bond donors (Lipinski definition) is 0. The van der Waals surface area contributed by atoms with Gasteiger partial charge < -0.3 is 14.0 Å². The molecule has 4 rings (SSSR count). The summed E-state index contributed by atoms with van der Waals surface area (Å²) < 4.78 is 28.9. The van der Waals surface area contributed by atoms with E-state index in [1.165, 1.54) is 18.2 Å². The number of ether oxygens (including phenoxy) is 2. The summed E-state index contributed by atoms with van der Waals surface area (Å²) in [7, 11) is 1.80. The first-order valence-corrected chi connectivity index (χ1v) is 11.3. The number of halogens is 1. The third-order valence-corrected chi connectivity index (χ3v) is 6.03. The van der Waals surface area contributed by atoms with Gasteiger partial charge >= 0.3 is 5.97 Å². The highest BCUT2D eigenvalue weighted by atomic mass is 19.1. The summed E-state index contributed by atoms with van der Waals surface area (Å²) in [6, 6.07) is 16.6. The monoisotopic (exact) mass is 491 g/mol. The lowest BCUT2D eigenvalue weighted by atomic mass is 10.1. The third kappa shape index (κ3) is 4.59. The number of rotatable bonds is 8. The number of Topliss-reactive ketones (excluding diaryl/α,β-unsaturated/α-hetero) is 1. The Kier molecular flexibility index (Phi) is 6.91. The molecular formula is C27H26FN3O5. The maximum atomic E-state index is 13.6. The fourth-order valence-electron chi connectivity index (χ4n) is 4.16. The van der Waals surface area contributed by atoms with Crippen LogP contribution in [-0.4, -0.2) is 38.9 Å². The Hall–Kier alpha value is -4.40. The Balaban J connectivity index is 1.53. The maximum absolute atomic E-state index is 13.6. The van der Waals surface area contributed by atoms with Crippen molar-refractivity contribution < 1.29 is 23.5 Å². The Morgan fingerprint density at radius 2 is 1.58 bits per heavy atom. The number of ketones is 1. The molecule has 0 aliphatic heterocycles. The van der Waals surface area contributed by atoms with E-state index in [4.69, 9.17) is 9.47 Å². The number of hydrogen-bond acceptors (Lipinski definition) is 5. The van der Waals surface area contributed by atoms with Crippen molar-refractivity contribution in [2.45, 2.75) is 20.8 Å². The Morgan fingerprint density at radius 3 is 2.28 bits per heavy atom. The molecule has 4 aromatic rings. The predicted octanol–water partition coefficient (Wildman–Crippen LogP) is 3.84. The van der Waals surface area contributed by atoms with Gasteiger partial charge in [0.25, 0.3) is 5.56 Å². The molecule has 0 amide bonds. The number of nitrogens with zero attached hydrogens (tertiary/aromatic N) is 3. The fourth-order valence-corrected chi connectivity index (χ4v) is 4.16. The normalized spacial score (nSPS) is 10.9. The minimum Gasteiger partial charge on any atom is -0.479 e. The molecule has 9 heteroatoms. The lowest BCUT2D eigenvalue weighted by Crippen LogP contribution is -2.22. The molecule has 0 aliphatic rings. The molecule has 0 spiro atoms. The van der Waals surface area contributed by atoms with Gasteiger partial charge in [-0.2, -0.15) is 0 Å². The van der Waals surface area contributed by atoms with Crippen LogP contribution in [0.5, 0.6) is 5.75 Å². The van der Waals surface area contributed by atoms with Gasteiger partial charge in [-0.25, -0.2) is 13.9 Å². The van der Waals surface area contributed by atoms with Crippen LogP contribution in [0.15, 0.2) is 65.5 Å². The van der Waals surface area contributed by atoms with Gasteiger partial charge in [0.15, 0.2) is 24.8 Å². The average Bonchev–Trinajstić information content (AvgIpc) is 3.27. The Morgan fingerprint density at radius 1 is 0.917 bits per heavy atom. The second-order valence-corrected chi connectivity index (χ2v) is 8.33. The largest absolute Gasteiger partial charge is 0.479 e. The van der Waals surface area contributed by atoms with E-state index in [0.29, 0.717) is 22.6 Å². The summed E-state index contributed by atoms with van der Waals surface area (Å²) >= 11 is 0. The van der Waals surface area contributed by atoms with Crippen LogP contribution in [0.2, 0.25) is 0 Å². The summed E-state index contributed by atoms with van der Waals surface area (Å²) in [6.45, 7) is 4.34. The molecule has 0 radical (unpaired) electrons. The van der Waals surface area contributed by atoms with Crippen molar-refractivity contribution >= 4 is 11.8 Å². The van der Waals surface area contributed by atoms with Crippen LogP contribution in [0.3, 0.4) is 0 Å². The molecule has 2 heterocycles. The number of carbonyl (C=O) groups excluding carboxylic acids is 2. The van der Waals surface area contributed by atoms with E-state index in [1.54, 1.807) is 47.0 Å². The van der Waals surface area contributed by atoms with Gasteiger partial charge in [-0.05, 0) is 51.1 Å². The van der Waals surface area contributed by atoms with Crippen molar-refractivity contribution in [2.75, 3.05) is 13.2 Å². The minimum atomic E-state index is -0.801. The van der Waals surface area contributed by atoms with Crippen LogP contribution in [0, 0.1) is 26.6 Å². The average molecular weight is 492 g/mol. The first-order chi connectivity index (χ1) is 17.2. The quantitative estimate of drug-likeness (QED) is 0.276. The lowest BCUT2D eigenvalue weighted by Gasteiger charge is -2.09. The maximum Gasteiger partial charge on any atom is 0.344 e. The van der Waals surface area contributed by atoms with Crippen LogP contribution < -0.4 is 10.3 Å². The molecule has 0 aliphatic carbocycles. The minimum absolute atomic E-state index is 0.0799. The number of aryl methyl sites for hydroxylation is 1. The Bertz CT molecular complexity index is 1500. The molecular weight excluding hydrogens is 465 g/mol. The summed E-state index contributed by atoms with van der Waals surface area (Å²) in [5.74, 6) is -1.91. The second-order valence-electron chi connectivity index (χ2n) is 8.33. The van der Waals surface area contributed by atoms with Gasteiger partial charge in [0, 0.05) is 24.0 Å². The van der Waals surface area contributed by atoms with E-state index < -0.39 is 30.8 Å². The molecule has 0 saturated carbocycles. The van der Waals surface area contributed by atoms with E-state index in [9.17, 15) is 18.8 Å². The van der Waals surface area contributed by atoms with Gasteiger partial charge in [0.2, 0.25) is 5.78 Å². The lowest BCUT2D eigenvalue weighted by molar-refractivity contribution is -0.144. The van der Waals surface area contributed by atoms with Crippen molar-refractivity contribution in [1.82, 2.24) is 13.9 Å². The predicted molar refractivity (Wildman–Crippen MR) is 132 cm³/mol. The number of carbonyl (C=O) groups is 2. The highest BCUT2D eigenvalue weighted by Gasteiger charge is 2.24. The number of esters is 1. The van der Waals surface area contributed by atoms with Gasteiger partial charge in [0.05, 0.1) is 11.4 Å². The summed E-state index contributed by atoms with van der Waals surface area (Å²) in [5, 5.41) is 0. The topological polar surface area (TPSA) is 84.5 Å². The standard InChI is InChI=1S/C27H26FN3O5/c1-17-14-21(23(32)15-36-25(33)16-35-24-13-9-8-12-22(24)28)18(2)30(17)26-19(3)29(4)31(27(26)34)20-10-6-5-7-11-20/h5-14H,15-16H2,1-4H3. The molecule has 0 unspecified atom stereocenters. The first kappa shape index (κ1) is 24.7. The van der Waals surface area contributed by atoms with Gasteiger partial charge in [-0.15, -0.1) is 0 Å². The van der Waals surface area contributed by atoms with Crippen LogP contribution in [-0.2, 0) is 16.6 Å². The van der Waals surface area contributed by atoms with E-state index in [2.05, 4.69) is 0 Å². The molecule has 2 aromatic heterocycles. The highest BCUT2D eigenvalue weighted by molar-refractivity contribution is 5.99. The van der Waals surface area contributed by atoms with Crippen LogP contribution >= 0.6 is 0 Å². The molecule has 8 nitrogen and oxygen atoms in total. The van der Waals surface area contributed by atoms with Crippen molar-refractivity contribution in [1.29, 1.82) is 0 Å². The van der Waals surface area contributed by atoms with E-state index in [1.807, 2.05) is 37.3 Å². The molecule has 0 bridgehead atoms. The molecule has 0 fully saturated rings. The van der Waals surface area contributed by atoms with Crippen molar-refractivity contribution in [3.05, 3.63) is 99.5 Å². The van der Waals surface area contributed by atoms with Crippen molar-refractivity contribution in [2.24, 2.45) is 7.05 Å². The summed E-state index contributed by atoms with van der Waals surface area (Å²) in [4.78, 5) is 38.4. The molecule has 186 valence electrons. The van der Waals surface area contributed by atoms with E-state index in [0.717, 1.165) is 11.4 Å². The Labute approximate surface area is 207 Å². The van der Waals surface area contributed by atoms with Gasteiger partial charge in [0.1, 0.15) is 5.69 Å². The van der Waals surface area contributed by atoms with E-state index >= 15 is 0 Å². The highest BCUT2D eigenvalue weighted by Crippen LogP contribution is 2.23. The molecule has 0 saturated heterocycles. The second kappa shape index (κ2) is 10.1. The van der Waals surface area contributed by atoms with Crippen molar-refractivity contribution in [3.8, 4) is 17.1 Å². The van der Waals surface area contributed by atoms with E-state index in [-0.39, 0.29) is 11.3 Å². The summed E-state index contributed by atoms with van der Waals surface area (Å²) in [5.41, 5.74) is 3.25. The number of para-hydroxylation sites is 2. The third-order valence-electron chi connectivity index (χ3n) is 6.03. The molecule has 0 atom stereocenters. The van der Waals surface area contributed by atoms with Crippen LogP contribution in [0.1, 0.15) is 27.4 Å². The first-order valence-electron chi connectivity index (χ1n) is 11.3. The van der Waals surface area contributed by atoms with Crippen LogP contribution in [0.4, 0.5) is 4.39 Å². The smallest absolute Gasteiger partial charge is 0.344 e. The molecule has 2 aromatic carbocycles. The molecule has 36 heavy (non-hydrogen) atoms. The zero-order valence-electron chi connectivity index (χ0n) is 20.4. The fraction of sp³-hybridized carbons (Fsp3) is 0.222. The van der Waals surface area contributed by atoms with Crippen molar-refractivity contribution in [3.63, 3.8) is 0 Å². The zero-order valence-corrected chi connectivity index (χ0v) is 20.4. The zero-order chi connectivity index (χ0) is 26.0.